The fourth-order valence-corrected chi connectivity index (χ4v) is 1.09. The molecule has 0 aliphatic rings. The van der Waals surface area contributed by atoms with Crippen molar-refractivity contribution >= 4 is 16.8 Å². The highest BCUT2D eigenvalue weighted by atomic mass is 16.1. The SMILES string of the molecule is NC(=O)c1n[nH]c2cc[c]cc12. The van der Waals surface area contributed by atoms with Crippen molar-refractivity contribution < 1.29 is 4.79 Å². The van der Waals surface area contributed by atoms with E-state index in [0.717, 1.165) is 5.52 Å². The first kappa shape index (κ1) is 6.84. The first-order valence-electron chi connectivity index (χ1n) is 3.43. The minimum atomic E-state index is -0.527. The van der Waals surface area contributed by atoms with Crippen LogP contribution in [0.2, 0.25) is 0 Å². The fourth-order valence-electron chi connectivity index (χ4n) is 1.09. The number of hydrogen-bond acceptors (Lipinski definition) is 2. The van der Waals surface area contributed by atoms with E-state index < -0.39 is 5.91 Å². The van der Waals surface area contributed by atoms with E-state index >= 15 is 0 Å². The number of nitrogens with one attached hydrogen (secondary N) is 1. The number of benzene rings is 1. The Bertz CT molecular complexity index is 433. The largest absolute Gasteiger partial charge is 0.364 e. The van der Waals surface area contributed by atoms with E-state index in [2.05, 4.69) is 16.3 Å². The summed E-state index contributed by atoms with van der Waals surface area (Å²) in [5, 5.41) is 7.19. The molecule has 0 unspecified atom stereocenters. The van der Waals surface area contributed by atoms with Gasteiger partial charge in [0.25, 0.3) is 5.91 Å². The minimum absolute atomic E-state index is 0.266. The molecule has 59 valence electrons. The zero-order chi connectivity index (χ0) is 8.55. The molecule has 12 heavy (non-hydrogen) atoms. The van der Waals surface area contributed by atoms with Crippen LogP contribution in [0.5, 0.6) is 0 Å². The van der Waals surface area contributed by atoms with Gasteiger partial charge in [0.15, 0.2) is 5.69 Å². The quantitative estimate of drug-likeness (QED) is 0.636. The van der Waals surface area contributed by atoms with E-state index in [4.69, 9.17) is 5.73 Å². The monoisotopic (exact) mass is 160 g/mol. The molecule has 4 nitrogen and oxygen atoms in total. The lowest BCUT2D eigenvalue weighted by molar-refractivity contribution is 0.0997. The van der Waals surface area contributed by atoms with E-state index in [1.54, 1.807) is 18.2 Å². The second-order valence-electron chi connectivity index (χ2n) is 2.41. The number of amides is 1. The van der Waals surface area contributed by atoms with Gasteiger partial charge in [-0.15, -0.1) is 0 Å². The summed E-state index contributed by atoms with van der Waals surface area (Å²) in [6.07, 6.45) is 0. The molecule has 1 amide bonds. The van der Waals surface area contributed by atoms with Crippen molar-refractivity contribution in [3.63, 3.8) is 0 Å². The smallest absolute Gasteiger partial charge is 0.269 e. The van der Waals surface area contributed by atoms with Gasteiger partial charge in [-0.2, -0.15) is 5.10 Å². The molecule has 0 atom stereocenters. The normalized spacial score (nSPS) is 10.3. The predicted octanol–water partition coefficient (Wildman–Crippen LogP) is 0.462. The van der Waals surface area contributed by atoms with Crippen molar-refractivity contribution in [2.75, 3.05) is 0 Å². The molecular formula is C8H6N3O. The van der Waals surface area contributed by atoms with Crippen LogP contribution in [0.15, 0.2) is 18.2 Å². The van der Waals surface area contributed by atoms with Gasteiger partial charge in [-0.1, -0.05) is 6.07 Å². The van der Waals surface area contributed by atoms with Crippen molar-refractivity contribution in [1.82, 2.24) is 10.2 Å². The number of carbonyl (C=O) groups excluding carboxylic acids is 1. The second-order valence-corrected chi connectivity index (χ2v) is 2.41. The number of primary amides is 1. The van der Waals surface area contributed by atoms with Gasteiger partial charge in [0, 0.05) is 5.39 Å². The minimum Gasteiger partial charge on any atom is -0.364 e. The van der Waals surface area contributed by atoms with Crippen LogP contribution in [0.1, 0.15) is 10.5 Å². The fraction of sp³-hybridized carbons (Fsp3) is 0. The van der Waals surface area contributed by atoms with Gasteiger partial charge in [0.2, 0.25) is 0 Å². The number of hydrogen-bond donors (Lipinski definition) is 2. The molecule has 0 saturated heterocycles. The molecule has 0 aliphatic carbocycles. The molecular weight excluding hydrogens is 154 g/mol. The van der Waals surface area contributed by atoms with Crippen LogP contribution in [-0.2, 0) is 0 Å². The maximum atomic E-state index is 10.8. The molecule has 1 heterocycles. The van der Waals surface area contributed by atoms with Gasteiger partial charge >= 0.3 is 0 Å². The third-order valence-electron chi connectivity index (χ3n) is 1.64. The number of nitrogens with two attached hydrogens (primary N) is 1. The molecule has 0 bridgehead atoms. The lowest BCUT2D eigenvalue weighted by atomic mass is 10.2. The molecule has 0 fully saturated rings. The molecule has 0 spiro atoms. The second kappa shape index (κ2) is 2.34. The predicted molar refractivity (Wildman–Crippen MR) is 43.4 cm³/mol. The van der Waals surface area contributed by atoms with E-state index in [1.807, 2.05) is 0 Å². The van der Waals surface area contributed by atoms with Crippen LogP contribution < -0.4 is 5.73 Å². The summed E-state index contributed by atoms with van der Waals surface area (Å²) >= 11 is 0. The van der Waals surface area contributed by atoms with Crippen LogP contribution in [0, 0.1) is 6.07 Å². The molecule has 2 aromatic rings. The van der Waals surface area contributed by atoms with E-state index in [1.165, 1.54) is 0 Å². The Morgan fingerprint density at radius 1 is 1.67 bits per heavy atom. The Kier molecular flexibility index (Phi) is 1.33. The van der Waals surface area contributed by atoms with Crippen LogP contribution >= 0.6 is 0 Å². The Morgan fingerprint density at radius 2 is 2.50 bits per heavy atom. The topological polar surface area (TPSA) is 71.8 Å². The molecule has 1 aromatic heterocycles. The molecule has 3 N–H and O–H groups in total. The summed E-state index contributed by atoms with van der Waals surface area (Å²) in [5.74, 6) is -0.527. The van der Waals surface area contributed by atoms with Crippen molar-refractivity contribution in [2.24, 2.45) is 5.73 Å². The average Bonchev–Trinajstić information content (AvgIpc) is 2.47. The van der Waals surface area contributed by atoms with Crippen LogP contribution in [0.3, 0.4) is 0 Å². The van der Waals surface area contributed by atoms with Gasteiger partial charge in [-0.05, 0) is 18.2 Å². The third-order valence-corrected chi connectivity index (χ3v) is 1.64. The lowest BCUT2D eigenvalue weighted by Gasteiger charge is -1.87. The Morgan fingerprint density at radius 3 is 3.25 bits per heavy atom. The number of aromatic amines is 1. The number of H-pyrrole nitrogens is 1. The summed E-state index contributed by atoms with van der Waals surface area (Å²) in [4.78, 5) is 10.8. The van der Waals surface area contributed by atoms with Crippen LogP contribution in [-0.4, -0.2) is 16.1 Å². The van der Waals surface area contributed by atoms with Crippen molar-refractivity contribution in [3.05, 3.63) is 30.0 Å². The first-order valence-corrected chi connectivity index (χ1v) is 3.43. The first-order chi connectivity index (χ1) is 5.79. The van der Waals surface area contributed by atoms with Crippen molar-refractivity contribution in [2.45, 2.75) is 0 Å². The van der Waals surface area contributed by atoms with Gasteiger partial charge in [0.05, 0.1) is 5.52 Å². The van der Waals surface area contributed by atoms with Gasteiger partial charge in [0.1, 0.15) is 0 Å². The number of aromatic nitrogens is 2. The summed E-state index contributed by atoms with van der Waals surface area (Å²) in [5.41, 5.74) is 6.15. The highest BCUT2D eigenvalue weighted by Gasteiger charge is 2.08. The lowest BCUT2D eigenvalue weighted by Crippen LogP contribution is -2.11. The summed E-state index contributed by atoms with van der Waals surface area (Å²) in [6.45, 7) is 0. The Labute approximate surface area is 68.4 Å². The maximum Gasteiger partial charge on any atom is 0.269 e. The highest BCUT2D eigenvalue weighted by Crippen LogP contribution is 2.13. The number of rotatable bonds is 1. The van der Waals surface area contributed by atoms with Crippen LogP contribution in [0.4, 0.5) is 0 Å². The molecule has 4 heteroatoms. The summed E-state index contributed by atoms with van der Waals surface area (Å²) in [7, 11) is 0. The summed E-state index contributed by atoms with van der Waals surface area (Å²) in [6, 6.07) is 8.06. The zero-order valence-electron chi connectivity index (χ0n) is 6.16. The van der Waals surface area contributed by atoms with E-state index in [-0.39, 0.29) is 5.69 Å². The van der Waals surface area contributed by atoms with E-state index in [0.29, 0.717) is 5.39 Å². The molecule has 0 aliphatic heterocycles. The van der Waals surface area contributed by atoms with E-state index in [9.17, 15) is 4.79 Å². The highest BCUT2D eigenvalue weighted by molar-refractivity contribution is 6.03. The molecule has 1 radical (unpaired) electrons. The standard InChI is InChI=1S/C8H6N3O/c9-8(12)7-5-3-1-2-4-6(5)10-11-7/h2-4H,(H2,9,12)(H,10,11). The average molecular weight is 160 g/mol. The van der Waals surface area contributed by atoms with Crippen molar-refractivity contribution in [3.8, 4) is 0 Å². The van der Waals surface area contributed by atoms with Crippen LogP contribution in [0.25, 0.3) is 10.9 Å². The van der Waals surface area contributed by atoms with Gasteiger partial charge in [-0.3, -0.25) is 9.89 Å². The van der Waals surface area contributed by atoms with Gasteiger partial charge < -0.3 is 5.73 Å². The zero-order valence-corrected chi connectivity index (χ0v) is 6.16. The van der Waals surface area contributed by atoms with Crippen molar-refractivity contribution in [1.29, 1.82) is 0 Å². The molecule has 0 saturated carbocycles. The number of nitrogens with zero attached hydrogens (tertiary/aromatic N) is 1. The third kappa shape index (κ3) is 0.852. The number of fused-ring (bicyclic) bond motifs is 1. The molecule has 1 aromatic carbocycles. The van der Waals surface area contributed by atoms with Gasteiger partial charge in [-0.25, -0.2) is 0 Å². The Hall–Kier alpha value is -1.84. The molecule has 2 rings (SSSR count). The maximum absolute atomic E-state index is 10.8. The Balaban J connectivity index is 2.79. The summed E-state index contributed by atoms with van der Waals surface area (Å²) < 4.78 is 0. The number of carbonyl (C=O) groups is 1.